The summed E-state index contributed by atoms with van der Waals surface area (Å²) >= 11 is 0. The Morgan fingerprint density at radius 3 is 1.47 bits per heavy atom. The number of nitrogens with zero attached hydrogens (tertiary/aromatic N) is 1. The standard InChI is InChI=1S/C53H105NO5/c1-9-13-17-19-21-28-38-49(39-29-22-20-18-14-10-2)59-51(57)53(7,8)42-31-23-24-32-43-54(45-46-55)44-33-25-30-41-52(5,6)47-58-50(56)40-34-37-48(35-26-15-11-3)36-27-16-12-4/h48-49,55H,9-47H2,1-8H3. The highest BCUT2D eigenvalue weighted by Crippen LogP contribution is 2.29. The molecule has 6 heteroatoms. The lowest BCUT2D eigenvalue weighted by Gasteiger charge is -2.27. The summed E-state index contributed by atoms with van der Waals surface area (Å²) in [4.78, 5) is 28.4. The van der Waals surface area contributed by atoms with Gasteiger partial charge >= 0.3 is 11.9 Å². The largest absolute Gasteiger partial charge is 0.465 e. The molecule has 0 saturated heterocycles. The van der Waals surface area contributed by atoms with Crippen molar-refractivity contribution in [1.29, 1.82) is 0 Å². The number of carbonyl (C=O) groups excluding carboxylic acids is 2. The average molecular weight is 836 g/mol. The van der Waals surface area contributed by atoms with Crippen LogP contribution in [0, 0.1) is 16.7 Å². The van der Waals surface area contributed by atoms with Crippen molar-refractivity contribution in [3.63, 3.8) is 0 Å². The number of esters is 2. The highest BCUT2D eigenvalue weighted by Gasteiger charge is 2.31. The summed E-state index contributed by atoms with van der Waals surface area (Å²) in [5.74, 6) is 0.748. The molecule has 352 valence electrons. The molecule has 0 amide bonds. The number of aliphatic hydroxyl groups is 1. The molecule has 0 aliphatic heterocycles. The highest BCUT2D eigenvalue weighted by molar-refractivity contribution is 5.76. The Morgan fingerprint density at radius 2 is 0.932 bits per heavy atom. The fourth-order valence-corrected chi connectivity index (χ4v) is 8.58. The molecule has 0 aromatic heterocycles. The van der Waals surface area contributed by atoms with Crippen molar-refractivity contribution in [2.24, 2.45) is 16.7 Å². The van der Waals surface area contributed by atoms with Crippen LogP contribution in [0.4, 0.5) is 0 Å². The van der Waals surface area contributed by atoms with E-state index in [0.717, 1.165) is 109 Å². The zero-order valence-electron chi connectivity index (χ0n) is 41.3. The van der Waals surface area contributed by atoms with Crippen LogP contribution < -0.4 is 0 Å². The van der Waals surface area contributed by atoms with Crippen LogP contribution in [0.25, 0.3) is 0 Å². The van der Waals surface area contributed by atoms with Crippen LogP contribution in [0.5, 0.6) is 0 Å². The van der Waals surface area contributed by atoms with Gasteiger partial charge in [0.1, 0.15) is 6.10 Å². The lowest BCUT2D eigenvalue weighted by molar-refractivity contribution is -0.161. The summed E-state index contributed by atoms with van der Waals surface area (Å²) in [6.07, 6.45) is 40.3. The van der Waals surface area contributed by atoms with E-state index in [-0.39, 0.29) is 30.1 Å². The molecule has 0 bridgehead atoms. The van der Waals surface area contributed by atoms with E-state index in [2.05, 4.69) is 60.3 Å². The number of ether oxygens (including phenoxy) is 2. The van der Waals surface area contributed by atoms with E-state index in [4.69, 9.17) is 9.47 Å². The quantitative estimate of drug-likeness (QED) is 0.0486. The maximum absolute atomic E-state index is 13.4. The van der Waals surface area contributed by atoms with Gasteiger partial charge in [0.25, 0.3) is 0 Å². The van der Waals surface area contributed by atoms with Crippen molar-refractivity contribution in [3.8, 4) is 0 Å². The summed E-state index contributed by atoms with van der Waals surface area (Å²) in [6.45, 7) is 21.2. The van der Waals surface area contributed by atoms with Crippen LogP contribution >= 0.6 is 0 Å². The van der Waals surface area contributed by atoms with Gasteiger partial charge in [0.15, 0.2) is 0 Å². The van der Waals surface area contributed by atoms with E-state index in [9.17, 15) is 14.7 Å². The molecule has 0 aromatic carbocycles. The van der Waals surface area contributed by atoms with Crippen LogP contribution in [0.15, 0.2) is 0 Å². The van der Waals surface area contributed by atoms with Gasteiger partial charge in [0, 0.05) is 13.0 Å². The van der Waals surface area contributed by atoms with Crippen molar-refractivity contribution in [3.05, 3.63) is 0 Å². The van der Waals surface area contributed by atoms with Gasteiger partial charge in [0.2, 0.25) is 0 Å². The number of hydrogen-bond donors (Lipinski definition) is 1. The van der Waals surface area contributed by atoms with Gasteiger partial charge in [-0.05, 0) is 102 Å². The molecule has 0 radical (unpaired) electrons. The Balaban J connectivity index is 4.42. The van der Waals surface area contributed by atoms with Gasteiger partial charge in [-0.3, -0.25) is 9.59 Å². The molecule has 59 heavy (non-hydrogen) atoms. The second-order valence-corrected chi connectivity index (χ2v) is 20.1. The highest BCUT2D eigenvalue weighted by atomic mass is 16.5. The molecule has 0 heterocycles. The summed E-state index contributed by atoms with van der Waals surface area (Å²) in [5, 5.41) is 9.72. The molecule has 0 aliphatic rings. The molecule has 0 fully saturated rings. The van der Waals surface area contributed by atoms with E-state index < -0.39 is 5.41 Å². The molecule has 1 N–H and O–H groups in total. The second-order valence-electron chi connectivity index (χ2n) is 20.1. The van der Waals surface area contributed by atoms with Crippen LogP contribution in [0.1, 0.15) is 274 Å². The first-order chi connectivity index (χ1) is 28.4. The summed E-state index contributed by atoms with van der Waals surface area (Å²) in [6, 6.07) is 0. The van der Waals surface area contributed by atoms with Crippen LogP contribution in [-0.2, 0) is 19.1 Å². The first-order valence-electron chi connectivity index (χ1n) is 26.1. The molecule has 0 aromatic rings. The molecule has 0 rings (SSSR count). The van der Waals surface area contributed by atoms with Gasteiger partial charge < -0.3 is 19.5 Å². The number of carbonyl (C=O) groups is 2. The molecular weight excluding hydrogens is 731 g/mol. The molecule has 0 atom stereocenters. The lowest BCUT2D eigenvalue weighted by atomic mass is 9.86. The Hall–Kier alpha value is -1.14. The smallest absolute Gasteiger partial charge is 0.311 e. The summed E-state index contributed by atoms with van der Waals surface area (Å²) in [5.41, 5.74) is -0.443. The van der Waals surface area contributed by atoms with Crippen molar-refractivity contribution in [2.75, 3.05) is 32.8 Å². The molecular formula is C53H105NO5. The topological polar surface area (TPSA) is 76.1 Å². The van der Waals surface area contributed by atoms with Crippen molar-refractivity contribution >= 4 is 11.9 Å². The summed E-state index contributed by atoms with van der Waals surface area (Å²) < 4.78 is 12.0. The third kappa shape index (κ3) is 36.1. The maximum atomic E-state index is 13.4. The van der Waals surface area contributed by atoms with E-state index in [1.165, 1.54) is 128 Å². The van der Waals surface area contributed by atoms with Gasteiger partial charge in [-0.2, -0.15) is 0 Å². The average Bonchev–Trinajstić information content (AvgIpc) is 3.20. The number of hydrogen-bond acceptors (Lipinski definition) is 6. The monoisotopic (exact) mass is 836 g/mol. The first kappa shape index (κ1) is 57.9. The normalized spacial score (nSPS) is 12.3. The Kier molecular flexibility index (Phi) is 38.9. The third-order valence-electron chi connectivity index (χ3n) is 12.9. The molecule has 0 spiro atoms. The molecule has 0 unspecified atom stereocenters. The predicted molar refractivity (Wildman–Crippen MR) is 255 cm³/mol. The minimum atomic E-state index is -0.440. The van der Waals surface area contributed by atoms with Gasteiger partial charge in [-0.15, -0.1) is 0 Å². The minimum Gasteiger partial charge on any atom is -0.465 e. The predicted octanol–water partition coefficient (Wildman–Crippen LogP) is 15.7. The summed E-state index contributed by atoms with van der Waals surface area (Å²) in [7, 11) is 0. The zero-order chi connectivity index (χ0) is 43.9. The Morgan fingerprint density at radius 1 is 0.508 bits per heavy atom. The first-order valence-corrected chi connectivity index (χ1v) is 26.1. The van der Waals surface area contributed by atoms with Gasteiger partial charge in [0.05, 0.1) is 18.6 Å². The number of unbranched alkanes of at least 4 members (excludes halogenated alkanes) is 19. The van der Waals surface area contributed by atoms with E-state index in [0.29, 0.717) is 13.0 Å². The Bertz CT molecular complexity index is 909. The van der Waals surface area contributed by atoms with E-state index in [1.807, 2.05) is 0 Å². The van der Waals surface area contributed by atoms with Gasteiger partial charge in [-0.1, -0.05) is 189 Å². The Labute approximate surface area is 369 Å². The third-order valence-corrected chi connectivity index (χ3v) is 12.9. The molecule has 6 nitrogen and oxygen atoms in total. The molecule has 0 saturated carbocycles. The van der Waals surface area contributed by atoms with Crippen LogP contribution in [0.3, 0.4) is 0 Å². The van der Waals surface area contributed by atoms with Crippen molar-refractivity contribution in [1.82, 2.24) is 4.90 Å². The van der Waals surface area contributed by atoms with Crippen molar-refractivity contribution < 1.29 is 24.2 Å². The maximum Gasteiger partial charge on any atom is 0.311 e. The van der Waals surface area contributed by atoms with E-state index >= 15 is 0 Å². The van der Waals surface area contributed by atoms with Crippen molar-refractivity contribution in [2.45, 2.75) is 280 Å². The fraction of sp³-hybridized carbons (Fsp3) is 0.962. The number of rotatable bonds is 45. The van der Waals surface area contributed by atoms with Gasteiger partial charge in [-0.25, -0.2) is 0 Å². The fourth-order valence-electron chi connectivity index (χ4n) is 8.58. The van der Waals surface area contributed by atoms with Crippen LogP contribution in [-0.4, -0.2) is 60.9 Å². The van der Waals surface area contributed by atoms with Crippen LogP contribution in [0.2, 0.25) is 0 Å². The second kappa shape index (κ2) is 39.7. The minimum absolute atomic E-state index is 0.00258. The SMILES string of the molecule is CCCCCCCCC(CCCCCCCC)OC(=O)C(C)(C)CCCCCCN(CCO)CCCCCC(C)(C)COC(=O)CCCC(CCCCC)CCCCC. The lowest BCUT2D eigenvalue weighted by Crippen LogP contribution is -2.31. The number of aliphatic hydroxyl groups excluding tert-OH is 1. The molecule has 0 aliphatic carbocycles. The van der Waals surface area contributed by atoms with E-state index in [1.54, 1.807) is 0 Å². The zero-order valence-corrected chi connectivity index (χ0v) is 41.3.